The van der Waals surface area contributed by atoms with E-state index in [1.54, 1.807) is 11.0 Å². The zero-order valence-corrected chi connectivity index (χ0v) is 18.0. The fourth-order valence-electron chi connectivity index (χ4n) is 3.80. The molecule has 1 aromatic carbocycles. The topological polar surface area (TPSA) is 53.1 Å². The zero-order chi connectivity index (χ0) is 21.2. The molecule has 29 heavy (non-hydrogen) atoms. The Morgan fingerprint density at radius 2 is 1.66 bits per heavy atom. The van der Waals surface area contributed by atoms with Gasteiger partial charge in [0.15, 0.2) is 0 Å². The number of nitrogens with zero attached hydrogens (tertiary/aromatic N) is 3. The molecule has 0 aliphatic carbocycles. The van der Waals surface area contributed by atoms with Gasteiger partial charge in [0.2, 0.25) is 5.91 Å². The fraction of sp³-hybridized carbons (Fsp3) is 0.619. The molecule has 2 amide bonds. The van der Waals surface area contributed by atoms with Gasteiger partial charge in [-0.15, -0.1) is 0 Å². The highest BCUT2D eigenvalue weighted by molar-refractivity contribution is 6.33. The Balaban J connectivity index is 1.48. The van der Waals surface area contributed by atoms with Gasteiger partial charge in [0.05, 0.1) is 10.7 Å². The molecule has 0 saturated carbocycles. The van der Waals surface area contributed by atoms with Gasteiger partial charge in [-0.3, -0.25) is 4.79 Å². The maximum absolute atomic E-state index is 13.3. The molecule has 3 rings (SSSR count). The van der Waals surface area contributed by atoms with Gasteiger partial charge in [-0.25, -0.2) is 9.18 Å². The highest BCUT2D eigenvalue weighted by atomic mass is 35.5. The number of ether oxygens (including phenoxy) is 1. The second kappa shape index (κ2) is 8.78. The van der Waals surface area contributed by atoms with E-state index in [0.717, 1.165) is 5.69 Å². The van der Waals surface area contributed by atoms with Crippen molar-refractivity contribution >= 4 is 29.3 Å². The van der Waals surface area contributed by atoms with E-state index < -0.39 is 5.60 Å². The summed E-state index contributed by atoms with van der Waals surface area (Å²) in [5.74, 6) is -0.265. The lowest BCUT2D eigenvalue weighted by molar-refractivity contribution is -0.137. The Kier molecular flexibility index (Phi) is 6.56. The lowest BCUT2D eigenvalue weighted by atomic mass is 9.95. The number of halogens is 2. The molecule has 2 heterocycles. The van der Waals surface area contributed by atoms with Gasteiger partial charge >= 0.3 is 6.09 Å². The van der Waals surface area contributed by atoms with Crippen LogP contribution < -0.4 is 4.90 Å². The standard InChI is InChI=1S/C21H29ClFN3O3/c1-21(2,3)29-20(28)26-8-6-15(7-9-26)19(27)25-12-10-24(11-13-25)18-5-4-16(23)14-17(18)22/h4-5,14-15H,6-13H2,1-3H3. The van der Waals surface area contributed by atoms with Gasteiger partial charge in [0.1, 0.15) is 11.4 Å². The third-order valence-electron chi connectivity index (χ3n) is 5.34. The molecule has 0 N–H and O–H groups in total. The first-order chi connectivity index (χ1) is 13.6. The summed E-state index contributed by atoms with van der Waals surface area (Å²) in [6.45, 7) is 9.16. The van der Waals surface area contributed by atoms with Crippen molar-refractivity contribution in [1.82, 2.24) is 9.80 Å². The molecule has 8 heteroatoms. The predicted molar refractivity (Wildman–Crippen MR) is 111 cm³/mol. The molecule has 2 aliphatic rings. The first-order valence-electron chi connectivity index (χ1n) is 10.1. The molecule has 2 aliphatic heterocycles. The minimum Gasteiger partial charge on any atom is -0.444 e. The summed E-state index contributed by atoms with van der Waals surface area (Å²) in [5, 5.41) is 0.388. The summed E-state index contributed by atoms with van der Waals surface area (Å²) in [4.78, 5) is 30.7. The van der Waals surface area contributed by atoms with Crippen LogP contribution in [0, 0.1) is 11.7 Å². The summed E-state index contributed by atoms with van der Waals surface area (Å²) >= 11 is 6.16. The van der Waals surface area contributed by atoms with Gasteiger partial charge in [0, 0.05) is 45.2 Å². The van der Waals surface area contributed by atoms with E-state index in [2.05, 4.69) is 4.90 Å². The molecule has 0 aromatic heterocycles. The summed E-state index contributed by atoms with van der Waals surface area (Å²) in [7, 11) is 0. The minimum absolute atomic E-state index is 0.0605. The summed E-state index contributed by atoms with van der Waals surface area (Å²) in [6, 6.07) is 4.39. The number of hydrogen-bond donors (Lipinski definition) is 0. The molecule has 0 atom stereocenters. The van der Waals surface area contributed by atoms with Crippen LogP contribution in [0.5, 0.6) is 0 Å². The monoisotopic (exact) mass is 425 g/mol. The van der Waals surface area contributed by atoms with Crippen molar-refractivity contribution in [2.45, 2.75) is 39.2 Å². The maximum Gasteiger partial charge on any atom is 0.410 e. The number of anilines is 1. The maximum atomic E-state index is 13.3. The van der Waals surface area contributed by atoms with E-state index in [0.29, 0.717) is 57.1 Å². The number of rotatable bonds is 2. The van der Waals surface area contributed by atoms with E-state index in [1.165, 1.54) is 12.1 Å². The van der Waals surface area contributed by atoms with Crippen molar-refractivity contribution in [2.24, 2.45) is 5.92 Å². The van der Waals surface area contributed by atoms with E-state index in [9.17, 15) is 14.0 Å². The minimum atomic E-state index is -0.517. The lowest BCUT2D eigenvalue weighted by Gasteiger charge is -2.39. The summed E-state index contributed by atoms with van der Waals surface area (Å²) in [6.07, 6.45) is 0.998. The fourth-order valence-corrected chi connectivity index (χ4v) is 4.09. The number of hydrogen-bond acceptors (Lipinski definition) is 4. The van der Waals surface area contributed by atoms with Crippen LogP contribution in [0.15, 0.2) is 18.2 Å². The lowest BCUT2D eigenvalue weighted by Crippen LogP contribution is -2.52. The third kappa shape index (κ3) is 5.53. The molecule has 160 valence electrons. The van der Waals surface area contributed by atoms with Gasteiger partial charge in [-0.05, 0) is 51.8 Å². The molecule has 2 saturated heterocycles. The largest absolute Gasteiger partial charge is 0.444 e. The van der Waals surface area contributed by atoms with Crippen LogP contribution >= 0.6 is 11.6 Å². The average molecular weight is 426 g/mol. The van der Waals surface area contributed by atoms with E-state index in [1.807, 2.05) is 25.7 Å². The highest BCUT2D eigenvalue weighted by Crippen LogP contribution is 2.28. The normalized spacial score (nSPS) is 18.7. The van der Waals surface area contributed by atoms with Crippen LogP contribution in [-0.2, 0) is 9.53 Å². The highest BCUT2D eigenvalue weighted by Gasteiger charge is 2.33. The predicted octanol–water partition coefficient (Wildman–Crippen LogP) is 3.77. The molecule has 6 nitrogen and oxygen atoms in total. The second-order valence-electron chi connectivity index (χ2n) is 8.65. The molecular formula is C21H29ClFN3O3. The van der Waals surface area contributed by atoms with Crippen LogP contribution in [0.3, 0.4) is 0 Å². The van der Waals surface area contributed by atoms with Crippen molar-refractivity contribution in [2.75, 3.05) is 44.2 Å². The second-order valence-corrected chi connectivity index (χ2v) is 9.06. The van der Waals surface area contributed by atoms with E-state index in [4.69, 9.17) is 16.3 Å². The van der Waals surface area contributed by atoms with Crippen molar-refractivity contribution in [3.63, 3.8) is 0 Å². The van der Waals surface area contributed by atoms with Gasteiger partial charge < -0.3 is 19.4 Å². The first-order valence-corrected chi connectivity index (χ1v) is 10.5. The zero-order valence-electron chi connectivity index (χ0n) is 17.3. The Labute approximate surface area is 176 Å². The number of piperidine rings is 1. The molecule has 0 unspecified atom stereocenters. The van der Waals surface area contributed by atoms with Gasteiger partial charge in [0.25, 0.3) is 0 Å². The SMILES string of the molecule is CC(C)(C)OC(=O)N1CCC(C(=O)N2CCN(c3ccc(F)cc3Cl)CC2)CC1. The van der Waals surface area contributed by atoms with Crippen LogP contribution in [0.1, 0.15) is 33.6 Å². The number of amides is 2. The molecule has 1 aromatic rings. The van der Waals surface area contributed by atoms with E-state index in [-0.39, 0.29) is 23.7 Å². The Morgan fingerprint density at radius 1 is 1.03 bits per heavy atom. The average Bonchev–Trinajstić information content (AvgIpc) is 2.66. The molecule has 0 bridgehead atoms. The van der Waals surface area contributed by atoms with Crippen LogP contribution in [0.2, 0.25) is 5.02 Å². The molecular weight excluding hydrogens is 397 g/mol. The van der Waals surface area contributed by atoms with Crippen molar-refractivity contribution < 1.29 is 18.7 Å². The Hall–Kier alpha value is -2.02. The first kappa shape index (κ1) is 21.7. The molecule has 0 spiro atoms. The van der Waals surface area contributed by atoms with Crippen molar-refractivity contribution in [1.29, 1.82) is 0 Å². The summed E-state index contributed by atoms with van der Waals surface area (Å²) in [5.41, 5.74) is 0.280. The van der Waals surface area contributed by atoms with E-state index >= 15 is 0 Å². The molecule has 2 fully saturated rings. The Morgan fingerprint density at radius 3 is 2.21 bits per heavy atom. The van der Waals surface area contributed by atoms with Gasteiger partial charge in [-0.1, -0.05) is 11.6 Å². The smallest absolute Gasteiger partial charge is 0.410 e. The number of carbonyl (C=O) groups excluding carboxylic acids is 2. The van der Waals surface area contributed by atoms with Crippen LogP contribution in [0.4, 0.5) is 14.9 Å². The Bertz CT molecular complexity index is 752. The van der Waals surface area contributed by atoms with Crippen LogP contribution in [0.25, 0.3) is 0 Å². The van der Waals surface area contributed by atoms with Crippen molar-refractivity contribution in [3.05, 3.63) is 29.0 Å². The number of likely N-dealkylation sites (tertiary alicyclic amines) is 1. The van der Waals surface area contributed by atoms with Crippen LogP contribution in [-0.4, -0.2) is 66.7 Å². The molecule has 0 radical (unpaired) electrons. The van der Waals surface area contributed by atoms with Crippen molar-refractivity contribution in [3.8, 4) is 0 Å². The number of benzene rings is 1. The number of carbonyl (C=O) groups is 2. The third-order valence-corrected chi connectivity index (χ3v) is 5.64. The summed E-state index contributed by atoms with van der Waals surface area (Å²) < 4.78 is 18.7. The number of piperazine rings is 1. The quantitative estimate of drug-likeness (QED) is 0.723. The van der Waals surface area contributed by atoms with Gasteiger partial charge in [-0.2, -0.15) is 0 Å².